The molecular weight excluding hydrogens is 176 g/mol. The minimum atomic E-state index is -0.440. The fraction of sp³-hybridized carbons (Fsp3) is 0. The molecule has 0 bridgehead atoms. The van der Waals surface area contributed by atoms with Crippen LogP contribution in [-0.4, -0.2) is 9.91 Å². The Morgan fingerprint density at radius 2 is 2.42 bits per heavy atom. The zero-order valence-electron chi connectivity index (χ0n) is 5.93. The van der Waals surface area contributed by atoms with Crippen LogP contribution < -0.4 is 0 Å². The summed E-state index contributed by atoms with van der Waals surface area (Å²) >= 11 is 1.47. The molecule has 2 aromatic rings. The van der Waals surface area contributed by atoms with Crippen LogP contribution >= 0.6 is 11.3 Å². The molecule has 0 aromatic carbocycles. The number of nitrogens with zero attached hydrogens (tertiary/aromatic N) is 2. The molecule has 2 heterocycles. The van der Waals surface area contributed by atoms with Gasteiger partial charge in [0.15, 0.2) is 0 Å². The molecule has 0 saturated carbocycles. The molecule has 0 fully saturated rings. The van der Waals surface area contributed by atoms with E-state index >= 15 is 0 Å². The van der Waals surface area contributed by atoms with Crippen molar-refractivity contribution in [2.24, 2.45) is 0 Å². The van der Waals surface area contributed by atoms with Crippen LogP contribution in [0.15, 0.2) is 23.7 Å². The third-order valence-corrected chi connectivity index (χ3v) is 2.34. The number of rotatable bonds is 1. The van der Waals surface area contributed by atoms with Crippen molar-refractivity contribution in [1.82, 2.24) is 4.98 Å². The summed E-state index contributed by atoms with van der Waals surface area (Å²) in [6.07, 6.45) is 1.28. The highest BCUT2D eigenvalue weighted by atomic mass is 32.1. The smallest absolute Gasteiger partial charge is 0.258 e. The third-order valence-electron chi connectivity index (χ3n) is 1.50. The SMILES string of the molecule is O=[N+]([O-])c1cnc2sccc2c1. The largest absolute Gasteiger partial charge is 0.288 e. The molecule has 0 aliphatic rings. The van der Waals surface area contributed by atoms with E-state index in [2.05, 4.69) is 4.98 Å². The van der Waals surface area contributed by atoms with E-state index in [1.54, 1.807) is 0 Å². The Bertz CT molecular complexity index is 438. The van der Waals surface area contributed by atoms with Crippen molar-refractivity contribution in [3.8, 4) is 0 Å². The molecule has 0 spiro atoms. The summed E-state index contributed by atoms with van der Waals surface area (Å²) in [5.41, 5.74) is 0.0425. The van der Waals surface area contributed by atoms with Crippen molar-refractivity contribution >= 4 is 27.2 Å². The first-order chi connectivity index (χ1) is 5.77. The summed E-state index contributed by atoms with van der Waals surface area (Å²) in [7, 11) is 0. The van der Waals surface area contributed by atoms with E-state index in [4.69, 9.17) is 0 Å². The molecule has 12 heavy (non-hydrogen) atoms. The van der Waals surface area contributed by atoms with Gasteiger partial charge in [-0.25, -0.2) is 4.98 Å². The number of hydrogen-bond acceptors (Lipinski definition) is 4. The van der Waals surface area contributed by atoms with Gasteiger partial charge in [-0.3, -0.25) is 10.1 Å². The average molecular weight is 180 g/mol. The quantitative estimate of drug-likeness (QED) is 0.499. The van der Waals surface area contributed by atoms with Crippen molar-refractivity contribution in [3.05, 3.63) is 33.8 Å². The molecule has 2 aromatic heterocycles. The highest BCUT2D eigenvalue weighted by Crippen LogP contribution is 2.21. The molecular formula is C7H4N2O2S. The first-order valence-electron chi connectivity index (χ1n) is 3.25. The Morgan fingerprint density at radius 1 is 1.58 bits per heavy atom. The first-order valence-corrected chi connectivity index (χ1v) is 4.13. The summed E-state index contributed by atoms with van der Waals surface area (Å²) in [5.74, 6) is 0. The van der Waals surface area contributed by atoms with E-state index in [-0.39, 0.29) is 5.69 Å². The zero-order chi connectivity index (χ0) is 8.55. The molecule has 0 atom stereocenters. The second kappa shape index (κ2) is 2.53. The monoisotopic (exact) mass is 180 g/mol. The molecule has 2 rings (SSSR count). The van der Waals surface area contributed by atoms with Crippen LogP contribution in [0.4, 0.5) is 5.69 Å². The van der Waals surface area contributed by atoms with Crippen LogP contribution in [0.25, 0.3) is 10.2 Å². The number of fused-ring (bicyclic) bond motifs is 1. The van der Waals surface area contributed by atoms with E-state index in [1.807, 2.05) is 11.4 Å². The molecule has 5 heteroatoms. The molecule has 0 N–H and O–H groups in total. The van der Waals surface area contributed by atoms with Gasteiger partial charge in [0.05, 0.1) is 4.92 Å². The molecule has 0 aliphatic heterocycles. The molecule has 60 valence electrons. The van der Waals surface area contributed by atoms with Gasteiger partial charge in [0.2, 0.25) is 0 Å². The van der Waals surface area contributed by atoms with Gasteiger partial charge in [-0.1, -0.05) is 0 Å². The van der Waals surface area contributed by atoms with E-state index in [9.17, 15) is 10.1 Å². The Balaban J connectivity index is 2.68. The second-order valence-electron chi connectivity index (χ2n) is 2.27. The summed E-state index contributed by atoms with van der Waals surface area (Å²) in [4.78, 5) is 14.7. The van der Waals surface area contributed by atoms with Crippen LogP contribution in [0.5, 0.6) is 0 Å². The predicted molar refractivity (Wildman–Crippen MR) is 46.3 cm³/mol. The summed E-state index contributed by atoms with van der Waals surface area (Å²) < 4.78 is 0. The number of nitro groups is 1. The molecule has 0 amide bonds. The lowest BCUT2D eigenvalue weighted by molar-refractivity contribution is -0.385. The van der Waals surface area contributed by atoms with E-state index in [0.717, 1.165) is 10.2 Å². The maximum atomic E-state index is 10.3. The highest BCUT2D eigenvalue weighted by molar-refractivity contribution is 7.16. The van der Waals surface area contributed by atoms with Crippen molar-refractivity contribution in [3.63, 3.8) is 0 Å². The minimum absolute atomic E-state index is 0.0425. The van der Waals surface area contributed by atoms with Gasteiger partial charge in [0.25, 0.3) is 5.69 Å². The molecule has 4 nitrogen and oxygen atoms in total. The van der Waals surface area contributed by atoms with Gasteiger partial charge in [0.1, 0.15) is 11.0 Å². The lowest BCUT2D eigenvalue weighted by atomic mass is 10.3. The summed E-state index contributed by atoms with van der Waals surface area (Å²) in [6.45, 7) is 0. The minimum Gasteiger partial charge on any atom is -0.258 e. The summed E-state index contributed by atoms with van der Waals surface area (Å²) in [6, 6.07) is 3.35. The van der Waals surface area contributed by atoms with Gasteiger partial charge in [-0.2, -0.15) is 0 Å². The van der Waals surface area contributed by atoms with Gasteiger partial charge < -0.3 is 0 Å². The Labute approximate surface area is 71.6 Å². The molecule has 0 saturated heterocycles. The van der Waals surface area contributed by atoms with Crippen molar-refractivity contribution in [2.75, 3.05) is 0 Å². The normalized spacial score (nSPS) is 10.3. The predicted octanol–water partition coefficient (Wildman–Crippen LogP) is 2.20. The maximum Gasteiger partial charge on any atom is 0.288 e. The summed E-state index contributed by atoms with van der Waals surface area (Å²) in [5, 5.41) is 13.0. The van der Waals surface area contributed by atoms with Gasteiger partial charge >= 0.3 is 0 Å². The second-order valence-corrected chi connectivity index (χ2v) is 3.16. The number of aromatic nitrogens is 1. The van der Waals surface area contributed by atoms with Gasteiger partial charge in [0, 0.05) is 11.5 Å². The lowest BCUT2D eigenvalue weighted by Gasteiger charge is -1.89. The van der Waals surface area contributed by atoms with Gasteiger partial charge in [-0.05, 0) is 11.4 Å². The third kappa shape index (κ3) is 1.04. The standard InChI is InChI=1S/C7H4N2O2S/c10-9(11)6-3-5-1-2-12-7(5)8-4-6/h1-4H. The first kappa shape index (κ1) is 7.17. The molecule has 0 unspecified atom stereocenters. The van der Waals surface area contributed by atoms with Crippen molar-refractivity contribution in [2.45, 2.75) is 0 Å². The topological polar surface area (TPSA) is 56.0 Å². The fourth-order valence-corrected chi connectivity index (χ4v) is 1.67. The lowest BCUT2D eigenvalue weighted by Crippen LogP contribution is -1.87. The van der Waals surface area contributed by atoms with E-state index in [1.165, 1.54) is 23.6 Å². The number of thiophene rings is 1. The van der Waals surface area contributed by atoms with Gasteiger partial charge in [-0.15, -0.1) is 11.3 Å². The van der Waals surface area contributed by atoms with Crippen molar-refractivity contribution < 1.29 is 4.92 Å². The Hall–Kier alpha value is -1.49. The van der Waals surface area contributed by atoms with Crippen molar-refractivity contribution in [1.29, 1.82) is 0 Å². The van der Waals surface area contributed by atoms with Crippen LogP contribution in [-0.2, 0) is 0 Å². The van der Waals surface area contributed by atoms with Crippen LogP contribution in [0.1, 0.15) is 0 Å². The average Bonchev–Trinajstić information content (AvgIpc) is 2.49. The molecule has 0 radical (unpaired) electrons. The van der Waals surface area contributed by atoms with Crippen LogP contribution in [0.2, 0.25) is 0 Å². The maximum absolute atomic E-state index is 10.3. The Kier molecular flexibility index (Phi) is 1.51. The highest BCUT2D eigenvalue weighted by Gasteiger charge is 2.06. The van der Waals surface area contributed by atoms with Crippen LogP contribution in [0, 0.1) is 10.1 Å². The molecule has 0 aliphatic carbocycles. The van der Waals surface area contributed by atoms with E-state index < -0.39 is 4.92 Å². The fourth-order valence-electron chi connectivity index (χ4n) is 0.947. The number of hydrogen-bond donors (Lipinski definition) is 0. The van der Waals surface area contributed by atoms with E-state index in [0.29, 0.717) is 0 Å². The zero-order valence-corrected chi connectivity index (χ0v) is 6.75. The Morgan fingerprint density at radius 3 is 3.17 bits per heavy atom. The number of pyridine rings is 1. The van der Waals surface area contributed by atoms with Crippen LogP contribution in [0.3, 0.4) is 0 Å².